The lowest BCUT2D eigenvalue weighted by atomic mass is 10.2. The molecule has 3 atom stereocenters. The number of carboxylic acids is 1. The predicted molar refractivity (Wildman–Crippen MR) is 81.2 cm³/mol. The fraction of sp³-hybridized carbons (Fsp3) is 0.700. The standard InChI is InChI=1S/C10H21N5O7S/c1-6(17)8(10(18)19)15-23(20,21)13-3-4-22-14-9(12-2)7(11)5-16/h6-8,13,15-17H,2-5,11H2,1H3,(H,18,19)/b14-9-. The Labute approximate surface area is 133 Å². The van der Waals surface area contributed by atoms with Gasteiger partial charge in [0.25, 0.3) is 10.2 Å². The third kappa shape index (κ3) is 8.53. The van der Waals surface area contributed by atoms with Crippen molar-refractivity contribution in [2.24, 2.45) is 15.9 Å². The number of hydrogen-bond donors (Lipinski definition) is 6. The van der Waals surface area contributed by atoms with Crippen LogP contribution >= 0.6 is 0 Å². The Hall–Kier alpha value is -1.64. The SMILES string of the molecule is C=N/C(=N\OCCNS(=O)(=O)NC(C(=O)O)C(C)O)C(N)CO. The van der Waals surface area contributed by atoms with Crippen LogP contribution in [0.2, 0.25) is 0 Å². The van der Waals surface area contributed by atoms with Gasteiger partial charge < -0.3 is 25.9 Å². The minimum absolute atomic E-state index is 0.0615. The highest BCUT2D eigenvalue weighted by Crippen LogP contribution is 1.95. The highest BCUT2D eigenvalue weighted by atomic mass is 32.2. The molecule has 0 aromatic rings. The average molecular weight is 355 g/mol. The summed E-state index contributed by atoms with van der Waals surface area (Å²) in [6, 6.07) is -2.57. The number of nitrogens with one attached hydrogen (secondary N) is 2. The van der Waals surface area contributed by atoms with Crippen molar-refractivity contribution in [2.45, 2.75) is 25.1 Å². The number of carboxylic acid groups (broad SMARTS) is 1. The van der Waals surface area contributed by atoms with E-state index in [1.807, 2.05) is 4.72 Å². The van der Waals surface area contributed by atoms with Crippen LogP contribution in [0.4, 0.5) is 0 Å². The van der Waals surface area contributed by atoms with E-state index in [0.717, 1.165) is 6.92 Å². The highest BCUT2D eigenvalue weighted by Gasteiger charge is 2.27. The zero-order chi connectivity index (χ0) is 18.0. The summed E-state index contributed by atoms with van der Waals surface area (Å²) in [5.41, 5.74) is 5.43. The third-order valence-corrected chi connectivity index (χ3v) is 3.51. The van der Waals surface area contributed by atoms with Gasteiger partial charge in [0.1, 0.15) is 12.6 Å². The Kier molecular flexibility index (Phi) is 9.47. The summed E-state index contributed by atoms with van der Waals surface area (Å²) >= 11 is 0. The van der Waals surface area contributed by atoms with Crippen LogP contribution in [0.15, 0.2) is 10.1 Å². The monoisotopic (exact) mass is 355 g/mol. The van der Waals surface area contributed by atoms with E-state index >= 15 is 0 Å². The molecule has 0 rings (SSSR count). The Morgan fingerprint density at radius 1 is 1.48 bits per heavy atom. The fourth-order valence-corrected chi connectivity index (χ4v) is 2.26. The van der Waals surface area contributed by atoms with Crippen LogP contribution < -0.4 is 15.2 Å². The molecule has 0 aliphatic carbocycles. The molecule has 7 N–H and O–H groups in total. The van der Waals surface area contributed by atoms with Crippen molar-refractivity contribution in [3.63, 3.8) is 0 Å². The number of aliphatic imine (C=N–C) groups is 1. The fourth-order valence-electron chi connectivity index (χ4n) is 1.19. The number of nitrogens with zero attached hydrogens (tertiary/aromatic N) is 2. The van der Waals surface area contributed by atoms with Crippen LogP contribution in [0, 0.1) is 0 Å². The summed E-state index contributed by atoms with van der Waals surface area (Å²) in [7, 11) is -4.17. The molecule has 23 heavy (non-hydrogen) atoms. The van der Waals surface area contributed by atoms with E-state index in [-0.39, 0.29) is 19.0 Å². The second kappa shape index (κ2) is 10.2. The molecular weight excluding hydrogens is 334 g/mol. The largest absolute Gasteiger partial charge is 0.480 e. The molecule has 3 unspecified atom stereocenters. The van der Waals surface area contributed by atoms with E-state index in [1.54, 1.807) is 4.72 Å². The van der Waals surface area contributed by atoms with Gasteiger partial charge in [0.05, 0.1) is 18.8 Å². The molecule has 0 saturated heterocycles. The molecule has 12 nitrogen and oxygen atoms in total. The van der Waals surface area contributed by atoms with Gasteiger partial charge in [0.15, 0.2) is 5.84 Å². The number of aliphatic carboxylic acids is 1. The molecule has 0 saturated carbocycles. The van der Waals surface area contributed by atoms with Crippen molar-refractivity contribution in [1.82, 2.24) is 9.44 Å². The minimum Gasteiger partial charge on any atom is -0.480 e. The van der Waals surface area contributed by atoms with Gasteiger partial charge in [-0.05, 0) is 13.6 Å². The zero-order valence-electron chi connectivity index (χ0n) is 12.4. The molecule has 0 aromatic carbocycles. The molecular formula is C10H21N5O7S. The highest BCUT2D eigenvalue weighted by molar-refractivity contribution is 7.87. The van der Waals surface area contributed by atoms with Gasteiger partial charge in [-0.1, -0.05) is 5.16 Å². The predicted octanol–water partition coefficient (Wildman–Crippen LogP) is -3.41. The number of amidine groups is 1. The Balaban J connectivity index is 4.38. The lowest BCUT2D eigenvalue weighted by molar-refractivity contribution is -0.141. The van der Waals surface area contributed by atoms with Gasteiger partial charge in [-0.25, -0.2) is 4.99 Å². The lowest BCUT2D eigenvalue weighted by Crippen LogP contribution is -2.51. The molecule has 0 bridgehead atoms. The number of nitrogens with two attached hydrogens (primary N) is 1. The molecule has 134 valence electrons. The van der Waals surface area contributed by atoms with Gasteiger partial charge in [-0.3, -0.25) is 4.79 Å². The molecule has 0 spiro atoms. The first-order valence-corrected chi connectivity index (χ1v) is 7.83. The maximum Gasteiger partial charge on any atom is 0.324 e. The quantitative estimate of drug-likeness (QED) is 0.0953. The van der Waals surface area contributed by atoms with Gasteiger partial charge in [0, 0.05) is 6.54 Å². The van der Waals surface area contributed by atoms with E-state index in [4.69, 9.17) is 20.8 Å². The smallest absolute Gasteiger partial charge is 0.324 e. The summed E-state index contributed by atoms with van der Waals surface area (Å²) in [6.07, 6.45) is -1.42. The van der Waals surface area contributed by atoms with Gasteiger partial charge >= 0.3 is 5.97 Å². The Morgan fingerprint density at radius 2 is 2.09 bits per heavy atom. The summed E-state index contributed by atoms with van der Waals surface area (Å²) in [5.74, 6) is -1.58. The Bertz CT molecular complexity index is 522. The normalized spacial score (nSPS) is 16.4. The molecule has 0 heterocycles. The van der Waals surface area contributed by atoms with Crippen molar-refractivity contribution >= 4 is 28.7 Å². The molecule has 13 heteroatoms. The summed E-state index contributed by atoms with van der Waals surface area (Å²) in [5, 5.41) is 30.2. The van der Waals surface area contributed by atoms with Crippen molar-refractivity contribution in [3.05, 3.63) is 0 Å². The molecule has 0 aliphatic rings. The molecule has 0 fully saturated rings. The minimum atomic E-state index is -4.17. The van der Waals surface area contributed by atoms with E-state index in [1.165, 1.54) is 0 Å². The molecule has 0 aliphatic heterocycles. The number of aliphatic hydroxyl groups is 2. The summed E-state index contributed by atoms with van der Waals surface area (Å²) in [4.78, 5) is 19.0. The van der Waals surface area contributed by atoms with E-state index in [9.17, 15) is 18.3 Å². The van der Waals surface area contributed by atoms with Crippen LogP contribution in [0.3, 0.4) is 0 Å². The number of oxime groups is 1. The number of rotatable bonds is 11. The maximum absolute atomic E-state index is 11.6. The average Bonchev–Trinajstić information content (AvgIpc) is 2.47. The number of carbonyl (C=O) groups is 1. The zero-order valence-corrected chi connectivity index (χ0v) is 13.2. The first-order valence-electron chi connectivity index (χ1n) is 6.35. The van der Waals surface area contributed by atoms with Crippen molar-refractivity contribution in [1.29, 1.82) is 0 Å². The molecule has 0 amide bonds. The molecule has 0 aromatic heterocycles. The summed E-state index contributed by atoms with van der Waals surface area (Å²) in [6.45, 7) is 3.43. The van der Waals surface area contributed by atoms with E-state index < -0.39 is 41.0 Å². The van der Waals surface area contributed by atoms with Crippen molar-refractivity contribution in [3.8, 4) is 0 Å². The second-order valence-electron chi connectivity index (χ2n) is 4.30. The van der Waals surface area contributed by atoms with Crippen LogP contribution in [0.5, 0.6) is 0 Å². The van der Waals surface area contributed by atoms with E-state index in [2.05, 4.69) is 16.9 Å². The molecule has 0 radical (unpaired) electrons. The first kappa shape index (κ1) is 21.4. The van der Waals surface area contributed by atoms with Crippen LogP contribution in [-0.4, -0.2) is 80.2 Å². The van der Waals surface area contributed by atoms with Gasteiger partial charge in [-0.2, -0.15) is 17.9 Å². The van der Waals surface area contributed by atoms with Crippen LogP contribution in [0.1, 0.15) is 6.92 Å². The topological polar surface area (TPSA) is 196 Å². The lowest BCUT2D eigenvalue weighted by Gasteiger charge is -2.17. The van der Waals surface area contributed by atoms with Crippen molar-refractivity contribution < 1.29 is 33.4 Å². The third-order valence-electron chi connectivity index (χ3n) is 2.36. The Morgan fingerprint density at radius 3 is 2.52 bits per heavy atom. The van der Waals surface area contributed by atoms with Crippen LogP contribution in [0.25, 0.3) is 0 Å². The summed E-state index contributed by atoms with van der Waals surface area (Å²) < 4.78 is 26.9. The van der Waals surface area contributed by atoms with Crippen LogP contribution in [-0.2, 0) is 19.8 Å². The number of hydrogen-bond acceptors (Lipinski definition) is 8. The first-order chi connectivity index (χ1) is 10.6. The van der Waals surface area contributed by atoms with E-state index in [0.29, 0.717) is 0 Å². The van der Waals surface area contributed by atoms with Crippen molar-refractivity contribution in [2.75, 3.05) is 19.8 Å². The van der Waals surface area contributed by atoms with Gasteiger partial charge in [0.2, 0.25) is 0 Å². The number of aliphatic hydroxyl groups excluding tert-OH is 2. The second-order valence-corrected chi connectivity index (χ2v) is 5.83. The van der Waals surface area contributed by atoms with Gasteiger partial charge in [-0.15, -0.1) is 0 Å². The maximum atomic E-state index is 11.6.